The number of ether oxygens (including phenoxy) is 1. The quantitative estimate of drug-likeness (QED) is 0.434. The summed E-state index contributed by atoms with van der Waals surface area (Å²) >= 11 is 0. The summed E-state index contributed by atoms with van der Waals surface area (Å²) in [5, 5.41) is 3.13. The number of hydrogen-bond acceptors (Lipinski definition) is 2. The molecule has 0 amide bonds. The van der Waals surface area contributed by atoms with Gasteiger partial charge in [0.2, 0.25) is 0 Å². The molecule has 0 atom stereocenters. The van der Waals surface area contributed by atoms with Crippen LogP contribution in [0.5, 0.6) is 5.75 Å². The number of rotatable bonds is 4. The van der Waals surface area contributed by atoms with E-state index in [0.29, 0.717) is 11.9 Å². The molecular formula is C17H28IN3O. The van der Waals surface area contributed by atoms with Crippen molar-refractivity contribution < 1.29 is 4.74 Å². The molecule has 22 heavy (non-hydrogen) atoms. The number of para-hydroxylation sites is 2. The first-order valence-corrected chi connectivity index (χ1v) is 7.99. The lowest BCUT2D eigenvalue weighted by atomic mass is 9.91. The molecule has 1 saturated carbocycles. The Morgan fingerprint density at radius 3 is 2.50 bits per heavy atom. The van der Waals surface area contributed by atoms with Crippen molar-refractivity contribution in [3.8, 4) is 5.75 Å². The molecule has 4 nitrogen and oxygen atoms in total. The number of guanidine groups is 1. The molecule has 0 spiro atoms. The maximum absolute atomic E-state index is 6.00. The van der Waals surface area contributed by atoms with Gasteiger partial charge in [-0.25, -0.2) is 0 Å². The zero-order valence-corrected chi connectivity index (χ0v) is 15.7. The number of anilines is 1. The summed E-state index contributed by atoms with van der Waals surface area (Å²) in [7, 11) is 1.66. The molecule has 1 aromatic carbocycles. The van der Waals surface area contributed by atoms with Crippen LogP contribution in [0.15, 0.2) is 29.3 Å². The van der Waals surface area contributed by atoms with Crippen LogP contribution in [0, 0.1) is 5.92 Å². The van der Waals surface area contributed by atoms with Gasteiger partial charge in [0.1, 0.15) is 5.75 Å². The maximum atomic E-state index is 6.00. The Bertz CT molecular complexity index is 457. The summed E-state index contributed by atoms with van der Waals surface area (Å²) in [6.07, 6.45) is 9.37. The number of nitrogens with two attached hydrogens (primary N) is 1. The Balaban J connectivity index is 0.00000242. The van der Waals surface area contributed by atoms with Crippen LogP contribution in [0.1, 0.15) is 44.9 Å². The summed E-state index contributed by atoms with van der Waals surface area (Å²) in [6.45, 7) is 0.827. The van der Waals surface area contributed by atoms with E-state index in [-0.39, 0.29) is 24.0 Å². The van der Waals surface area contributed by atoms with Crippen LogP contribution >= 0.6 is 24.0 Å². The minimum Gasteiger partial charge on any atom is -0.495 e. The Kier molecular flexibility index (Phi) is 9.27. The van der Waals surface area contributed by atoms with Crippen molar-refractivity contribution >= 4 is 35.6 Å². The van der Waals surface area contributed by atoms with E-state index in [9.17, 15) is 0 Å². The van der Waals surface area contributed by atoms with Crippen molar-refractivity contribution in [2.24, 2.45) is 16.6 Å². The van der Waals surface area contributed by atoms with Gasteiger partial charge in [-0.05, 0) is 30.9 Å². The number of hydrogen-bond donors (Lipinski definition) is 2. The lowest BCUT2D eigenvalue weighted by Gasteiger charge is -2.18. The highest BCUT2D eigenvalue weighted by Crippen LogP contribution is 2.24. The normalized spacial score (nSPS) is 17.0. The third-order valence-electron chi connectivity index (χ3n) is 4.11. The molecule has 1 aliphatic rings. The average Bonchev–Trinajstić information content (AvgIpc) is 2.46. The molecule has 1 fully saturated rings. The zero-order valence-electron chi connectivity index (χ0n) is 13.4. The minimum atomic E-state index is 0. The molecule has 0 radical (unpaired) electrons. The molecule has 0 bridgehead atoms. The Morgan fingerprint density at radius 1 is 1.18 bits per heavy atom. The highest BCUT2D eigenvalue weighted by molar-refractivity contribution is 14.0. The van der Waals surface area contributed by atoms with E-state index in [0.717, 1.165) is 18.0 Å². The van der Waals surface area contributed by atoms with Gasteiger partial charge in [0.25, 0.3) is 0 Å². The first-order chi connectivity index (χ1) is 10.3. The van der Waals surface area contributed by atoms with Gasteiger partial charge in [0.05, 0.1) is 12.8 Å². The van der Waals surface area contributed by atoms with E-state index in [4.69, 9.17) is 10.5 Å². The molecule has 0 aromatic heterocycles. The van der Waals surface area contributed by atoms with Crippen LogP contribution in [-0.4, -0.2) is 19.6 Å². The van der Waals surface area contributed by atoms with Crippen molar-refractivity contribution in [3.05, 3.63) is 24.3 Å². The molecule has 124 valence electrons. The Hall–Kier alpha value is -0.980. The Labute approximate surface area is 150 Å². The molecule has 3 N–H and O–H groups in total. The molecule has 1 aromatic rings. The van der Waals surface area contributed by atoms with Gasteiger partial charge in [-0.1, -0.05) is 44.2 Å². The predicted molar refractivity (Wildman–Crippen MR) is 104 cm³/mol. The molecule has 1 aliphatic carbocycles. The van der Waals surface area contributed by atoms with Crippen molar-refractivity contribution in [1.29, 1.82) is 0 Å². The smallest absolute Gasteiger partial charge is 0.193 e. The van der Waals surface area contributed by atoms with Crippen LogP contribution in [0.3, 0.4) is 0 Å². The first-order valence-electron chi connectivity index (χ1n) is 7.99. The highest BCUT2D eigenvalue weighted by Gasteiger charge is 2.11. The van der Waals surface area contributed by atoms with Crippen molar-refractivity contribution in [1.82, 2.24) is 0 Å². The van der Waals surface area contributed by atoms with Crippen LogP contribution in [0.4, 0.5) is 5.69 Å². The molecular weight excluding hydrogens is 389 g/mol. The molecule has 0 aliphatic heterocycles. The topological polar surface area (TPSA) is 59.6 Å². The summed E-state index contributed by atoms with van der Waals surface area (Å²) in [5.41, 5.74) is 6.86. The Morgan fingerprint density at radius 2 is 1.82 bits per heavy atom. The number of nitrogens with zero attached hydrogens (tertiary/aromatic N) is 1. The van der Waals surface area contributed by atoms with Crippen LogP contribution in [0.25, 0.3) is 0 Å². The van der Waals surface area contributed by atoms with Gasteiger partial charge < -0.3 is 15.8 Å². The van der Waals surface area contributed by atoms with E-state index >= 15 is 0 Å². The molecule has 0 unspecified atom stereocenters. The number of halogens is 1. The fraction of sp³-hybridized carbons (Fsp3) is 0.588. The van der Waals surface area contributed by atoms with Gasteiger partial charge in [-0.15, -0.1) is 24.0 Å². The highest BCUT2D eigenvalue weighted by atomic mass is 127. The van der Waals surface area contributed by atoms with Gasteiger partial charge in [-0.2, -0.15) is 0 Å². The van der Waals surface area contributed by atoms with Crippen LogP contribution in [0.2, 0.25) is 0 Å². The molecule has 0 saturated heterocycles. The number of benzene rings is 1. The molecule has 5 heteroatoms. The third-order valence-corrected chi connectivity index (χ3v) is 4.11. The van der Waals surface area contributed by atoms with Gasteiger partial charge >= 0.3 is 0 Å². The van der Waals surface area contributed by atoms with Crippen molar-refractivity contribution in [2.75, 3.05) is 19.0 Å². The zero-order chi connectivity index (χ0) is 14.9. The van der Waals surface area contributed by atoms with E-state index < -0.39 is 0 Å². The van der Waals surface area contributed by atoms with E-state index in [1.807, 2.05) is 24.3 Å². The summed E-state index contributed by atoms with van der Waals surface area (Å²) in [5.74, 6) is 1.94. The largest absolute Gasteiger partial charge is 0.495 e. The molecule has 0 heterocycles. The van der Waals surface area contributed by atoms with Crippen LogP contribution in [-0.2, 0) is 0 Å². The van der Waals surface area contributed by atoms with Gasteiger partial charge in [-0.3, -0.25) is 4.99 Å². The summed E-state index contributed by atoms with van der Waals surface area (Å²) in [4.78, 5) is 4.52. The predicted octanol–water partition coefficient (Wildman–Crippen LogP) is 4.40. The van der Waals surface area contributed by atoms with Crippen molar-refractivity contribution in [3.63, 3.8) is 0 Å². The van der Waals surface area contributed by atoms with Gasteiger partial charge in [0.15, 0.2) is 5.96 Å². The fourth-order valence-electron chi connectivity index (χ4n) is 2.88. The standard InChI is InChI=1S/C17H27N3O.HI/c1-21-16-12-8-7-11-15(16)20-17(18)19-13-14-9-5-3-2-4-6-10-14;/h7-8,11-12,14H,2-6,9-10,13H2,1H3,(H3,18,19,20);1H. The van der Waals surface area contributed by atoms with Gasteiger partial charge in [0, 0.05) is 6.54 Å². The number of methoxy groups -OCH3 is 1. The number of nitrogens with one attached hydrogen (secondary N) is 1. The number of aliphatic imine (C=N–C) groups is 1. The SMILES string of the molecule is COc1ccccc1NC(N)=NCC1CCCCCCC1.I. The van der Waals surface area contributed by atoms with Crippen LogP contribution < -0.4 is 15.8 Å². The maximum Gasteiger partial charge on any atom is 0.193 e. The minimum absolute atomic E-state index is 0. The summed E-state index contributed by atoms with van der Waals surface area (Å²) < 4.78 is 5.30. The second kappa shape index (κ2) is 10.7. The molecule has 2 rings (SSSR count). The second-order valence-electron chi connectivity index (χ2n) is 5.76. The summed E-state index contributed by atoms with van der Waals surface area (Å²) in [6, 6.07) is 7.74. The lowest BCUT2D eigenvalue weighted by molar-refractivity contribution is 0.386. The van der Waals surface area contributed by atoms with E-state index in [1.54, 1.807) is 7.11 Å². The third kappa shape index (κ3) is 6.42. The fourth-order valence-corrected chi connectivity index (χ4v) is 2.88. The average molecular weight is 417 g/mol. The van der Waals surface area contributed by atoms with E-state index in [1.165, 1.54) is 44.9 Å². The van der Waals surface area contributed by atoms with Crippen molar-refractivity contribution in [2.45, 2.75) is 44.9 Å². The lowest BCUT2D eigenvalue weighted by Crippen LogP contribution is -2.24. The monoisotopic (exact) mass is 417 g/mol. The van der Waals surface area contributed by atoms with E-state index in [2.05, 4.69) is 10.3 Å². The first kappa shape index (κ1) is 19.1. The second-order valence-corrected chi connectivity index (χ2v) is 5.76.